The molecule has 3 aromatic rings. The zero-order valence-electron chi connectivity index (χ0n) is 18.3. The van der Waals surface area contributed by atoms with Crippen LogP contribution < -0.4 is 5.32 Å². The summed E-state index contributed by atoms with van der Waals surface area (Å²) in [4.78, 5) is 12.8. The van der Waals surface area contributed by atoms with E-state index in [1.165, 1.54) is 27.8 Å². The molecule has 0 atom stereocenters. The van der Waals surface area contributed by atoms with Crippen molar-refractivity contribution in [2.45, 2.75) is 9.24 Å². The van der Waals surface area contributed by atoms with E-state index in [0.717, 1.165) is 15.7 Å². The van der Waals surface area contributed by atoms with Crippen LogP contribution in [0.1, 0.15) is 15.9 Å². The van der Waals surface area contributed by atoms with E-state index >= 15 is 0 Å². The Labute approximate surface area is 207 Å². The van der Waals surface area contributed by atoms with Crippen LogP contribution in [0.4, 0.5) is 5.13 Å². The molecular formula is C23H24N4O4S3. The van der Waals surface area contributed by atoms with Crippen LogP contribution in [0.5, 0.6) is 0 Å². The summed E-state index contributed by atoms with van der Waals surface area (Å²) in [6, 6.07) is 16.2. The Hall–Kier alpha value is -2.57. The van der Waals surface area contributed by atoms with Gasteiger partial charge in [0.05, 0.1) is 24.7 Å². The van der Waals surface area contributed by atoms with Gasteiger partial charge in [0.25, 0.3) is 0 Å². The van der Waals surface area contributed by atoms with E-state index < -0.39 is 10.0 Å². The SMILES string of the molecule is O=C(CNc1nnc(SC/C=C/c2ccccc2)s1)c1cccc(S(=O)(=O)N2CCOCC2)c1. The maximum atomic E-state index is 12.9. The molecule has 2 aromatic carbocycles. The third kappa shape index (κ3) is 6.51. The molecule has 0 aliphatic carbocycles. The van der Waals surface area contributed by atoms with E-state index in [1.807, 2.05) is 30.3 Å². The largest absolute Gasteiger partial charge is 0.379 e. The van der Waals surface area contributed by atoms with Crippen LogP contribution >= 0.6 is 23.1 Å². The second kappa shape index (κ2) is 11.7. The number of nitrogens with one attached hydrogen (secondary N) is 1. The van der Waals surface area contributed by atoms with Crippen LogP contribution in [0.2, 0.25) is 0 Å². The molecule has 34 heavy (non-hydrogen) atoms. The normalized spacial score (nSPS) is 14.9. The molecule has 1 fully saturated rings. The van der Waals surface area contributed by atoms with Gasteiger partial charge in [0.1, 0.15) is 0 Å². The summed E-state index contributed by atoms with van der Waals surface area (Å²) >= 11 is 2.93. The first-order chi connectivity index (χ1) is 16.5. The molecule has 0 spiro atoms. The van der Waals surface area contributed by atoms with E-state index in [4.69, 9.17) is 4.74 Å². The van der Waals surface area contributed by atoms with Gasteiger partial charge in [-0.3, -0.25) is 4.79 Å². The molecule has 0 saturated carbocycles. The van der Waals surface area contributed by atoms with Crippen LogP contribution in [0.25, 0.3) is 6.08 Å². The Bertz CT molecular complexity index is 1240. The zero-order chi connectivity index (χ0) is 23.8. The summed E-state index contributed by atoms with van der Waals surface area (Å²) in [5.41, 5.74) is 1.47. The molecule has 1 aliphatic rings. The number of benzene rings is 2. The van der Waals surface area contributed by atoms with E-state index in [9.17, 15) is 13.2 Å². The molecule has 11 heteroatoms. The number of carbonyl (C=O) groups is 1. The number of hydrogen-bond acceptors (Lipinski definition) is 9. The van der Waals surface area contributed by atoms with Gasteiger partial charge in [-0.2, -0.15) is 4.31 Å². The Morgan fingerprint density at radius 3 is 2.71 bits per heavy atom. The van der Waals surface area contributed by atoms with Crippen molar-refractivity contribution in [1.82, 2.24) is 14.5 Å². The average Bonchev–Trinajstić information content (AvgIpc) is 3.34. The second-order valence-electron chi connectivity index (χ2n) is 7.32. The van der Waals surface area contributed by atoms with Gasteiger partial charge in [-0.15, -0.1) is 10.2 Å². The summed E-state index contributed by atoms with van der Waals surface area (Å²) < 4.78 is 33.1. The minimum Gasteiger partial charge on any atom is -0.379 e. The Morgan fingerprint density at radius 1 is 1.12 bits per heavy atom. The van der Waals surface area contributed by atoms with Crippen molar-refractivity contribution in [3.63, 3.8) is 0 Å². The monoisotopic (exact) mass is 516 g/mol. The molecule has 1 aliphatic heterocycles. The van der Waals surface area contributed by atoms with Gasteiger partial charge >= 0.3 is 0 Å². The molecule has 4 rings (SSSR count). The fraction of sp³-hybridized carbons (Fsp3) is 0.261. The quantitative estimate of drug-likeness (QED) is 0.322. The number of anilines is 1. The van der Waals surface area contributed by atoms with Crippen molar-refractivity contribution < 1.29 is 17.9 Å². The van der Waals surface area contributed by atoms with E-state index in [-0.39, 0.29) is 17.2 Å². The van der Waals surface area contributed by atoms with Crippen molar-refractivity contribution in [2.24, 2.45) is 0 Å². The van der Waals surface area contributed by atoms with Crippen molar-refractivity contribution >= 4 is 50.1 Å². The minimum atomic E-state index is -3.66. The van der Waals surface area contributed by atoms with Gasteiger partial charge in [-0.05, 0) is 17.7 Å². The average molecular weight is 517 g/mol. The third-order valence-electron chi connectivity index (χ3n) is 4.98. The highest BCUT2D eigenvalue weighted by Gasteiger charge is 2.26. The summed E-state index contributed by atoms with van der Waals surface area (Å²) in [7, 11) is -3.66. The van der Waals surface area contributed by atoms with Crippen molar-refractivity contribution in [3.8, 4) is 0 Å². The van der Waals surface area contributed by atoms with Gasteiger partial charge in [0.15, 0.2) is 10.1 Å². The predicted molar refractivity (Wildman–Crippen MR) is 135 cm³/mol. The van der Waals surface area contributed by atoms with Gasteiger partial charge < -0.3 is 10.1 Å². The van der Waals surface area contributed by atoms with Crippen molar-refractivity contribution in [2.75, 3.05) is 43.9 Å². The number of carbonyl (C=O) groups excluding carboxylic acids is 1. The van der Waals surface area contributed by atoms with Crippen LogP contribution in [-0.4, -0.2) is 67.3 Å². The number of ether oxygens (including phenoxy) is 1. The number of hydrogen-bond donors (Lipinski definition) is 1. The van der Waals surface area contributed by atoms with Gasteiger partial charge in [0.2, 0.25) is 15.2 Å². The smallest absolute Gasteiger partial charge is 0.243 e. The fourth-order valence-corrected chi connectivity index (χ4v) is 6.27. The highest BCUT2D eigenvalue weighted by atomic mass is 32.2. The van der Waals surface area contributed by atoms with Crippen molar-refractivity contribution in [3.05, 3.63) is 71.8 Å². The Kier molecular flexibility index (Phi) is 8.46. The standard InChI is InChI=1S/C23H24N4O4S3/c28-21(19-9-4-10-20(16-19)34(29,30)27-11-13-31-14-12-27)17-24-22-25-26-23(33-22)32-15-5-8-18-6-2-1-3-7-18/h1-10,16H,11-15,17H2,(H,24,25)/b8-5+. The van der Waals surface area contributed by atoms with Crippen LogP contribution in [-0.2, 0) is 14.8 Å². The maximum absolute atomic E-state index is 12.9. The minimum absolute atomic E-state index is 0.00569. The number of thioether (sulfide) groups is 1. The Morgan fingerprint density at radius 2 is 1.91 bits per heavy atom. The van der Waals surface area contributed by atoms with E-state index in [2.05, 4.69) is 27.7 Å². The molecule has 2 heterocycles. The Balaban J connectivity index is 1.30. The number of nitrogens with zero attached hydrogens (tertiary/aromatic N) is 3. The second-order valence-corrected chi connectivity index (χ2v) is 11.5. The highest BCUT2D eigenvalue weighted by Crippen LogP contribution is 2.26. The molecule has 0 radical (unpaired) electrons. The molecule has 0 unspecified atom stereocenters. The summed E-state index contributed by atoms with van der Waals surface area (Å²) in [5, 5.41) is 11.8. The van der Waals surface area contributed by atoms with Crippen molar-refractivity contribution in [1.29, 1.82) is 0 Å². The molecule has 1 N–H and O–H groups in total. The first-order valence-corrected chi connectivity index (χ1v) is 13.9. The number of morpholine rings is 1. The summed E-state index contributed by atoms with van der Waals surface area (Å²) in [5.74, 6) is 0.529. The first kappa shape index (κ1) is 24.6. The van der Waals surface area contributed by atoms with Gasteiger partial charge in [-0.1, -0.05) is 77.7 Å². The lowest BCUT2D eigenvalue weighted by atomic mass is 10.1. The zero-order valence-corrected chi connectivity index (χ0v) is 20.7. The molecule has 1 saturated heterocycles. The molecule has 178 valence electrons. The lowest BCUT2D eigenvalue weighted by Crippen LogP contribution is -2.40. The van der Waals surface area contributed by atoms with Crippen LogP contribution in [0.15, 0.2) is 69.9 Å². The first-order valence-electron chi connectivity index (χ1n) is 10.7. The summed E-state index contributed by atoms with van der Waals surface area (Å²) in [6.07, 6.45) is 4.12. The lowest BCUT2D eigenvalue weighted by Gasteiger charge is -2.26. The number of rotatable bonds is 10. The van der Waals surface area contributed by atoms with E-state index in [0.29, 0.717) is 37.0 Å². The summed E-state index contributed by atoms with van der Waals surface area (Å²) in [6.45, 7) is 1.34. The molecule has 0 amide bonds. The third-order valence-corrected chi connectivity index (χ3v) is 8.84. The number of ketones is 1. The number of Topliss-reactive ketones (excluding diaryl/α,β-unsaturated/α-hetero) is 1. The molecule has 0 bridgehead atoms. The van der Waals surface area contributed by atoms with Gasteiger partial charge in [0, 0.05) is 24.4 Å². The predicted octanol–water partition coefficient (Wildman–Crippen LogP) is 3.66. The number of sulfonamides is 1. The number of aromatic nitrogens is 2. The van der Waals surface area contributed by atoms with Crippen LogP contribution in [0.3, 0.4) is 0 Å². The molecule has 8 nitrogen and oxygen atoms in total. The molecular weight excluding hydrogens is 492 g/mol. The fourth-order valence-electron chi connectivity index (χ4n) is 3.23. The maximum Gasteiger partial charge on any atom is 0.243 e. The van der Waals surface area contributed by atoms with E-state index in [1.54, 1.807) is 23.9 Å². The van der Waals surface area contributed by atoms with Gasteiger partial charge in [-0.25, -0.2) is 8.42 Å². The van der Waals surface area contributed by atoms with Crippen LogP contribution in [0, 0.1) is 0 Å². The molecule has 1 aromatic heterocycles. The lowest BCUT2D eigenvalue weighted by molar-refractivity contribution is 0.0730. The topological polar surface area (TPSA) is 101 Å². The highest BCUT2D eigenvalue weighted by molar-refractivity contribution is 8.01.